The van der Waals surface area contributed by atoms with Crippen LogP contribution in [0.3, 0.4) is 0 Å². The minimum atomic E-state index is 1.30. The predicted octanol–water partition coefficient (Wildman–Crippen LogP) is 2.24. The Hall–Kier alpha value is -0.670. The summed E-state index contributed by atoms with van der Waals surface area (Å²) in [4.78, 5) is 0. The van der Waals surface area contributed by atoms with E-state index in [0.717, 1.165) is 0 Å². The van der Waals surface area contributed by atoms with Crippen LogP contribution in [0.15, 0.2) is 35.7 Å². The Morgan fingerprint density at radius 3 is 2.57 bits per heavy atom. The summed E-state index contributed by atoms with van der Waals surface area (Å²) in [7, 11) is 0. The Labute approximate surface area is 48.1 Å². The molecular formula is C6H5Cl. The van der Waals surface area contributed by atoms with Crippen LogP contribution in [0, 0.1) is 0 Å². The van der Waals surface area contributed by atoms with E-state index in [1.807, 2.05) is 0 Å². The highest BCUT2D eigenvalue weighted by Crippen LogP contribution is 1.72. The normalized spacial score (nSPS) is 5.29. The fourth-order valence-electron chi connectivity index (χ4n) is 0.143. The fourth-order valence-corrected chi connectivity index (χ4v) is 0.216. The van der Waals surface area contributed by atoms with Crippen LogP contribution in [-0.2, 0) is 0 Å². The molecule has 0 unspecified atom stereocenters. The lowest BCUT2D eigenvalue weighted by Gasteiger charge is -1.53. The third-order valence-corrected chi connectivity index (χ3v) is 0.486. The molecule has 0 amide bonds. The summed E-state index contributed by atoms with van der Waals surface area (Å²) in [5, 5.41) is 0. The van der Waals surface area contributed by atoms with Gasteiger partial charge in [0.2, 0.25) is 0 Å². The molecule has 0 bridgehead atoms. The van der Waals surface area contributed by atoms with Gasteiger partial charge in [-0.05, 0) is 12.2 Å². The molecule has 0 atom stereocenters. The van der Waals surface area contributed by atoms with Crippen LogP contribution >= 0.6 is 11.6 Å². The van der Waals surface area contributed by atoms with Crippen molar-refractivity contribution in [2.45, 2.75) is 0 Å². The second-order valence-corrected chi connectivity index (χ2v) is 1.03. The van der Waals surface area contributed by atoms with Crippen LogP contribution in [-0.4, -0.2) is 0 Å². The van der Waals surface area contributed by atoms with Crippen LogP contribution < -0.4 is 0 Å². The summed E-state index contributed by atoms with van der Waals surface area (Å²) < 4.78 is 0. The molecule has 7 heavy (non-hydrogen) atoms. The van der Waals surface area contributed by atoms with Gasteiger partial charge in [-0.3, -0.25) is 0 Å². The second kappa shape index (κ2) is 5.33. The Balaban J connectivity index is 3.71. The molecular weight excluding hydrogens is 108 g/mol. The van der Waals surface area contributed by atoms with Crippen LogP contribution in [0.5, 0.6) is 0 Å². The maximum Gasteiger partial charge on any atom is 0.0462 e. The summed E-state index contributed by atoms with van der Waals surface area (Å²) >= 11 is 5.10. The monoisotopic (exact) mass is 112 g/mol. The van der Waals surface area contributed by atoms with Gasteiger partial charge in [0, 0.05) is 5.54 Å². The molecule has 0 fully saturated rings. The zero-order valence-electron chi connectivity index (χ0n) is 3.82. The molecule has 0 aromatic heterocycles. The van der Waals surface area contributed by atoms with E-state index in [9.17, 15) is 0 Å². The van der Waals surface area contributed by atoms with E-state index in [4.69, 9.17) is 11.6 Å². The highest BCUT2D eigenvalue weighted by molar-refractivity contribution is 6.25. The van der Waals surface area contributed by atoms with Crippen LogP contribution in [0.4, 0.5) is 0 Å². The molecule has 0 aliphatic rings. The van der Waals surface area contributed by atoms with Crippen molar-refractivity contribution in [3.05, 3.63) is 35.7 Å². The zero-order valence-corrected chi connectivity index (χ0v) is 4.57. The summed E-state index contributed by atoms with van der Waals surface area (Å²) in [6.45, 7) is 3.32. The SMILES string of the molecule is C=C=CC=C=CCl. The van der Waals surface area contributed by atoms with Gasteiger partial charge < -0.3 is 0 Å². The maximum absolute atomic E-state index is 5.10. The molecule has 0 aliphatic heterocycles. The molecule has 0 aliphatic carbocycles. The highest BCUT2D eigenvalue weighted by atomic mass is 35.5. The topological polar surface area (TPSA) is 0 Å². The molecule has 0 aromatic carbocycles. The molecule has 0 nitrogen and oxygen atoms in total. The van der Waals surface area contributed by atoms with Gasteiger partial charge in [-0.1, -0.05) is 18.2 Å². The quantitative estimate of drug-likeness (QED) is 0.361. The van der Waals surface area contributed by atoms with Gasteiger partial charge in [0.05, 0.1) is 0 Å². The van der Waals surface area contributed by atoms with Crippen LogP contribution in [0.2, 0.25) is 0 Å². The molecule has 0 spiro atoms. The van der Waals surface area contributed by atoms with Crippen molar-refractivity contribution in [3.63, 3.8) is 0 Å². The number of hydrogen-bond donors (Lipinski definition) is 0. The smallest absolute Gasteiger partial charge is 0.0462 e. The standard InChI is InChI=1S/C6H5Cl/c1-2-3-4-5-6-7/h3-4,6H,1H2. The fraction of sp³-hybridized carbons (Fsp3) is 0. The molecule has 36 valence electrons. The molecule has 0 N–H and O–H groups in total. The van der Waals surface area contributed by atoms with Gasteiger partial charge in [0.25, 0.3) is 0 Å². The first-order chi connectivity index (χ1) is 3.41. The Morgan fingerprint density at radius 2 is 2.14 bits per heavy atom. The van der Waals surface area contributed by atoms with E-state index in [2.05, 4.69) is 18.0 Å². The number of halogens is 1. The van der Waals surface area contributed by atoms with E-state index < -0.39 is 0 Å². The molecule has 0 heterocycles. The highest BCUT2D eigenvalue weighted by Gasteiger charge is 1.46. The summed E-state index contributed by atoms with van der Waals surface area (Å²) in [6, 6.07) is 0. The third-order valence-electron chi connectivity index (χ3n) is 0.360. The molecule has 0 rings (SSSR count). The first-order valence-corrected chi connectivity index (χ1v) is 2.21. The number of rotatable bonds is 1. The molecule has 1 heteroatoms. The van der Waals surface area contributed by atoms with Gasteiger partial charge >= 0.3 is 0 Å². The minimum absolute atomic E-state index is 1.30. The van der Waals surface area contributed by atoms with Crippen molar-refractivity contribution >= 4 is 11.6 Å². The lowest BCUT2D eigenvalue weighted by Crippen LogP contribution is -1.32. The average molecular weight is 113 g/mol. The van der Waals surface area contributed by atoms with Gasteiger partial charge in [-0.15, -0.1) is 11.5 Å². The van der Waals surface area contributed by atoms with Gasteiger partial charge in [0.15, 0.2) is 0 Å². The van der Waals surface area contributed by atoms with Crippen LogP contribution in [0.25, 0.3) is 0 Å². The molecule has 0 radical (unpaired) electrons. The lowest BCUT2D eigenvalue weighted by atomic mass is 10.6. The van der Waals surface area contributed by atoms with E-state index >= 15 is 0 Å². The lowest BCUT2D eigenvalue weighted by molar-refractivity contribution is 2.05. The zero-order chi connectivity index (χ0) is 5.54. The summed E-state index contributed by atoms with van der Waals surface area (Å²) in [5.74, 6) is 0. The Morgan fingerprint density at radius 1 is 1.43 bits per heavy atom. The minimum Gasteiger partial charge on any atom is -0.128 e. The van der Waals surface area contributed by atoms with Gasteiger partial charge in [-0.25, -0.2) is 0 Å². The van der Waals surface area contributed by atoms with Gasteiger partial charge in [0.1, 0.15) is 0 Å². The van der Waals surface area contributed by atoms with Crippen molar-refractivity contribution in [3.8, 4) is 0 Å². The van der Waals surface area contributed by atoms with Crippen molar-refractivity contribution in [1.82, 2.24) is 0 Å². The molecule has 0 aromatic rings. The third kappa shape index (κ3) is 5.33. The second-order valence-electron chi connectivity index (χ2n) is 0.813. The first kappa shape index (κ1) is 6.33. The van der Waals surface area contributed by atoms with E-state index in [1.54, 1.807) is 12.2 Å². The maximum atomic E-state index is 5.10. The van der Waals surface area contributed by atoms with E-state index in [0.29, 0.717) is 0 Å². The largest absolute Gasteiger partial charge is 0.128 e. The Kier molecular flexibility index (Phi) is 4.82. The average Bonchev–Trinajstić information content (AvgIpc) is 1.69. The summed E-state index contributed by atoms with van der Waals surface area (Å²) in [5.41, 5.74) is 6.44. The van der Waals surface area contributed by atoms with Crippen molar-refractivity contribution in [2.75, 3.05) is 0 Å². The van der Waals surface area contributed by atoms with Crippen LogP contribution in [0.1, 0.15) is 0 Å². The van der Waals surface area contributed by atoms with Crippen molar-refractivity contribution in [2.24, 2.45) is 0 Å². The van der Waals surface area contributed by atoms with Crippen molar-refractivity contribution in [1.29, 1.82) is 0 Å². The first-order valence-electron chi connectivity index (χ1n) is 1.77. The molecule has 0 saturated heterocycles. The summed E-state index contributed by atoms with van der Waals surface area (Å²) in [6.07, 6.45) is 3.25. The number of allylic oxidation sites excluding steroid dienone is 2. The van der Waals surface area contributed by atoms with E-state index in [1.165, 1.54) is 5.54 Å². The van der Waals surface area contributed by atoms with Gasteiger partial charge in [-0.2, -0.15) is 0 Å². The van der Waals surface area contributed by atoms with Crippen molar-refractivity contribution < 1.29 is 0 Å². The predicted molar refractivity (Wildman–Crippen MR) is 32.2 cm³/mol. The molecule has 0 saturated carbocycles. The van der Waals surface area contributed by atoms with E-state index in [-0.39, 0.29) is 0 Å². The number of hydrogen-bond acceptors (Lipinski definition) is 0. The Bertz CT molecular complexity index is 132.